The van der Waals surface area contributed by atoms with E-state index in [-0.39, 0.29) is 11.8 Å². The van der Waals surface area contributed by atoms with E-state index in [1.165, 1.54) is 12.1 Å². The van der Waals surface area contributed by atoms with Crippen molar-refractivity contribution in [2.24, 2.45) is 0 Å². The second-order valence-electron chi connectivity index (χ2n) is 5.94. The number of ether oxygens (including phenoxy) is 1. The minimum Gasteiger partial charge on any atom is -0.488 e. The van der Waals surface area contributed by atoms with E-state index in [1.54, 1.807) is 6.07 Å². The normalized spacial score (nSPS) is 15.0. The van der Waals surface area contributed by atoms with Gasteiger partial charge in [0.15, 0.2) is 0 Å². The summed E-state index contributed by atoms with van der Waals surface area (Å²) in [7, 11) is 1.88. The van der Waals surface area contributed by atoms with Gasteiger partial charge in [-0.05, 0) is 18.2 Å². The first-order chi connectivity index (χ1) is 12.1. The van der Waals surface area contributed by atoms with Crippen LogP contribution in [0.25, 0.3) is 0 Å². The van der Waals surface area contributed by atoms with Gasteiger partial charge in [0.25, 0.3) is 5.69 Å². The molecule has 6 nitrogen and oxygen atoms in total. The van der Waals surface area contributed by atoms with Crippen molar-refractivity contribution in [2.45, 2.75) is 18.9 Å². The first kappa shape index (κ1) is 17.4. The highest BCUT2D eigenvalue weighted by Crippen LogP contribution is 2.33. The molecule has 1 aliphatic heterocycles. The molecule has 0 bridgehead atoms. The Morgan fingerprint density at radius 2 is 1.96 bits per heavy atom. The van der Waals surface area contributed by atoms with Crippen LogP contribution >= 0.6 is 11.6 Å². The highest BCUT2D eigenvalue weighted by molar-refractivity contribution is 6.33. The number of nitro benzene ring substituents is 1. The maximum absolute atomic E-state index is 10.8. The van der Waals surface area contributed by atoms with Gasteiger partial charge in [-0.15, -0.1) is 0 Å². The molecule has 1 aliphatic rings. The van der Waals surface area contributed by atoms with Crippen LogP contribution in [0.2, 0.25) is 5.02 Å². The largest absolute Gasteiger partial charge is 0.488 e. The number of non-ortho nitro benzene ring substituents is 1. The molecule has 132 valence electrons. The second-order valence-corrected chi connectivity index (χ2v) is 6.35. The maximum Gasteiger partial charge on any atom is 0.271 e. The van der Waals surface area contributed by atoms with Crippen LogP contribution in [-0.2, 0) is 0 Å². The number of piperidine rings is 1. The molecule has 25 heavy (non-hydrogen) atoms. The molecule has 0 aliphatic carbocycles. The van der Waals surface area contributed by atoms with Gasteiger partial charge in [-0.2, -0.15) is 0 Å². The molecule has 0 amide bonds. The van der Waals surface area contributed by atoms with E-state index >= 15 is 0 Å². The quantitative estimate of drug-likeness (QED) is 0.633. The van der Waals surface area contributed by atoms with Crippen LogP contribution in [0, 0.1) is 10.1 Å². The molecule has 0 saturated carbocycles. The average molecular weight is 362 g/mol. The summed E-state index contributed by atoms with van der Waals surface area (Å²) in [4.78, 5) is 12.5. The summed E-state index contributed by atoms with van der Waals surface area (Å²) in [5, 5.41) is 14.4. The van der Waals surface area contributed by atoms with Crippen LogP contribution < -0.4 is 15.0 Å². The van der Waals surface area contributed by atoms with Gasteiger partial charge in [-0.3, -0.25) is 10.1 Å². The summed E-state index contributed by atoms with van der Waals surface area (Å²) in [6.45, 7) is 1.59. The third kappa shape index (κ3) is 3.96. The van der Waals surface area contributed by atoms with Crippen LogP contribution in [0.5, 0.6) is 5.75 Å². The summed E-state index contributed by atoms with van der Waals surface area (Å²) in [6.07, 6.45) is 1.87. The number of nitrogens with one attached hydrogen (secondary N) is 1. The lowest BCUT2D eigenvalue weighted by molar-refractivity contribution is -0.384. The maximum atomic E-state index is 10.8. The topological polar surface area (TPSA) is 67.6 Å². The van der Waals surface area contributed by atoms with E-state index in [0.717, 1.165) is 43.1 Å². The van der Waals surface area contributed by atoms with Gasteiger partial charge in [0, 0.05) is 45.1 Å². The molecule has 0 atom stereocenters. The van der Waals surface area contributed by atoms with Crippen LogP contribution in [0.15, 0.2) is 42.5 Å². The van der Waals surface area contributed by atoms with Crippen molar-refractivity contribution < 1.29 is 9.66 Å². The Labute approximate surface area is 151 Å². The summed E-state index contributed by atoms with van der Waals surface area (Å²) >= 11 is 6.23. The summed E-state index contributed by atoms with van der Waals surface area (Å²) in [6, 6.07) is 12.5. The first-order valence-electron chi connectivity index (χ1n) is 8.21. The lowest BCUT2D eigenvalue weighted by atomic mass is 10.1. The van der Waals surface area contributed by atoms with Crippen LogP contribution in [0.4, 0.5) is 17.1 Å². The fraction of sp³-hybridized carbons (Fsp3) is 0.333. The van der Waals surface area contributed by atoms with Gasteiger partial charge in [-0.25, -0.2) is 0 Å². The van der Waals surface area contributed by atoms with Crippen molar-refractivity contribution in [3.8, 4) is 5.75 Å². The van der Waals surface area contributed by atoms with E-state index in [4.69, 9.17) is 16.3 Å². The molecule has 1 heterocycles. The molecule has 0 spiro atoms. The Morgan fingerprint density at radius 3 is 2.60 bits per heavy atom. The number of nitro groups is 1. The first-order valence-corrected chi connectivity index (χ1v) is 8.58. The molecular formula is C18H20ClN3O3. The van der Waals surface area contributed by atoms with Crippen LogP contribution in [0.3, 0.4) is 0 Å². The van der Waals surface area contributed by atoms with Gasteiger partial charge in [-0.1, -0.05) is 23.7 Å². The Hall–Kier alpha value is -2.47. The molecular weight excluding hydrogens is 342 g/mol. The Balaban J connectivity index is 1.63. The summed E-state index contributed by atoms with van der Waals surface area (Å²) in [5.41, 5.74) is 1.82. The van der Waals surface area contributed by atoms with Crippen molar-refractivity contribution in [3.05, 3.63) is 57.6 Å². The highest BCUT2D eigenvalue weighted by atomic mass is 35.5. The van der Waals surface area contributed by atoms with Gasteiger partial charge in [0.1, 0.15) is 11.9 Å². The molecule has 0 unspecified atom stereocenters. The van der Waals surface area contributed by atoms with Gasteiger partial charge >= 0.3 is 0 Å². The number of nitrogens with zero attached hydrogens (tertiary/aromatic N) is 2. The number of hydrogen-bond donors (Lipinski definition) is 1. The third-order valence-corrected chi connectivity index (χ3v) is 4.68. The number of benzene rings is 2. The molecule has 1 saturated heterocycles. The SMILES string of the molecule is CNc1ccccc1OC1CCN(c2ccc([N+](=O)[O-])cc2Cl)CC1. The number of para-hydroxylation sites is 2. The molecule has 1 fully saturated rings. The number of halogens is 1. The molecule has 0 radical (unpaired) electrons. The smallest absolute Gasteiger partial charge is 0.271 e. The standard InChI is InChI=1S/C18H20ClN3O3/c1-20-16-4-2-3-5-18(16)25-14-8-10-21(11-9-14)17-7-6-13(22(23)24)12-15(17)19/h2-7,12,14,20H,8-11H2,1H3. The van der Waals surface area contributed by atoms with E-state index in [1.807, 2.05) is 31.3 Å². The van der Waals surface area contributed by atoms with Crippen molar-refractivity contribution in [1.82, 2.24) is 0 Å². The van der Waals surface area contributed by atoms with Crippen molar-refractivity contribution in [1.29, 1.82) is 0 Å². The average Bonchev–Trinajstić information content (AvgIpc) is 2.63. The second kappa shape index (κ2) is 7.61. The molecule has 7 heteroatoms. The molecule has 1 N–H and O–H groups in total. The Kier molecular flexibility index (Phi) is 5.28. The number of anilines is 2. The van der Waals surface area contributed by atoms with Crippen LogP contribution in [0.1, 0.15) is 12.8 Å². The van der Waals surface area contributed by atoms with E-state index in [9.17, 15) is 10.1 Å². The van der Waals surface area contributed by atoms with Crippen molar-refractivity contribution in [2.75, 3.05) is 30.4 Å². The molecule has 2 aromatic carbocycles. The number of hydrogen-bond acceptors (Lipinski definition) is 5. The minimum absolute atomic E-state index is 0.00985. The molecule has 0 aromatic heterocycles. The fourth-order valence-corrected chi connectivity index (χ4v) is 3.33. The Bertz CT molecular complexity index is 761. The molecule has 3 rings (SSSR count). The summed E-state index contributed by atoms with van der Waals surface area (Å²) in [5.74, 6) is 0.858. The predicted molar refractivity (Wildman–Crippen MR) is 100.0 cm³/mol. The van der Waals surface area contributed by atoms with Crippen molar-refractivity contribution in [3.63, 3.8) is 0 Å². The summed E-state index contributed by atoms with van der Waals surface area (Å²) < 4.78 is 6.13. The van der Waals surface area contributed by atoms with Crippen molar-refractivity contribution >= 4 is 28.7 Å². The molecule has 2 aromatic rings. The van der Waals surface area contributed by atoms with Crippen LogP contribution in [-0.4, -0.2) is 31.2 Å². The van der Waals surface area contributed by atoms with E-state index in [0.29, 0.717) is 5.02 Å². The lowest BCUT2D eigenvalue weighted by Crippen LogP contribution is -2.38. The highest BCUT2D eigenvalue weighted by Gasteiger charge is 2.23. The Morgan fingerprint density at radius 1 is 1.24 bits per heavy atom. The van der Waals surface area contributed by atoms with E-state index in [2.05, 4.69) is 10.2 Å². The predicted octanol–water partition coefficient (Wildman–Crippen LogP) is 4.34. The minimum atomic E-state index is -0.436. The van der Waals surface area contributed by atoms with Gasteiger partial charge < -0.3 is 15.0 Å². The van der Waals surface area contributed by atoms with Gasteiger partial charge in [0.2, 0.25) is 0 Å². The zero-order valence-corrected chi connectivity index (χ0v) is 14.7. The number of rotatable bonds is 5. The fourth-order valence-electron chi connectivity index (χ4n) is 3.04. The monoisotopic (exact) mass is 361 g/mol. The third-order valence-electron chi connectivity index (χ3n) is 4.37. The zero-order valence-electron chi connectivity index (χ0n) is 13.9. The van der Waals surface area contributed by atoms with Gasteiger partial charge in [0.05, 0.1) is 21.3 Å². The van der Waals surface area contributed by atoms with E-state index < -0.39 is 4.92 Å². The lowest BCUT2D eigenvalue weighted by Gasteiger charge is -2.34. The zero-order chi connectivity index (χ0) is 17.8.